The second-order valence-corrected chi connectivity index (χ2v) is 4.85. The van der Waals surface area contributed by atoms with Crippen LogP contribution >= 0.6 is 0 Å². The lowest BCUT2D eigenvalue weighted by Gasteiger charge is -2.22. The van der Waals surface area contributed by atoms with Crippen molar-refractivity contribution in [3.63, 3.8) is 0 Å². The molecule has 92 valence electrons. The second-order valence-electron chi connectivity index (χ2n) is 4.85. The van der Waals surface area contributed by atoms with Crippen LogP contribution in [0.2, 0.25) is 0 Å². The molecule has 2 rings (SSSR count). The second kappa shape index (κ2) is 5.32. The Kier molecular flexibility index (Phi) is 3.79. The summed E-state index contributed by atoms with van der Waals surface area (Å²) in [6.07, 6.45) is 2.94. The lowest BCUT2D eigenvalue weighted by Crippen LogP contribution is -2.41. The predicted octanol–water partition coefficient (Wildman–Crippen LogP) is 1.83. The quantitative estimate of drug-likeness (QED) is 0.845. The molecule has 1 amide bonds. The molecule has 0 bridgehead atoms. The van der Waals surface area contributed by atoms with Crippen molar-refractivity contribution in [3.05, 3.63) is 35.4 Å². The first kappa shape index (κ1) is 12.1. The molecule has 1 fully saturated rings. The number of likely N-dealkylation sites (tertiary alicyclic amines) is 1. The van der Waals surface area contributed by atoms with E-state index in [0.29, 0.717) is 6.54 Å². The summed E-state index contributed by atoms with van der Waals surface area (Å²) in [5.74, 6) is 0.101. The van der Waals surface area contributed by atoms with E-state index in [1.807, 2.05) is 11.0 Å². The van der Waals surface area contributed by atoms with E-state index in [1.54, 1.807) is 0 Å². The summed E-state index contributed by atoms with van der Waals surface area (Å²) in [7, 11) is 0. The summed E-state index contributed by atoms with van der Waals surface area (Å²) in [4.78, 5) is 13.9. The van der Waals surface area contributed by atoms with Gasteiger partial charge < -0.3 is 10.6 Å². The van der Waals surface area contributed by atoms with Gasteiger partial charge in [-0.1, -0.05) is 29.8 Å². The first-order valence-corrected chi connectivity index (χ1v) is 6.27. The highest BCUT2D eigenvalue weighted by Gasteiger charge is 2.23. The number of nitrogens with zero attached hydrogens (tertiary/aromatic N) is 1. The fourth-order valence-corrected chi connectivity index (χ4v) is 2.32. The fourth-order valence-electron chi connectivity index (χ4n) is 2.32. The van der Waals surface area contributed by atoms with Crippen LogP contribution in [0.5, 0.6) is 0 Å². The third kappa shape index (κ3) is 3.07. The summed E-state index contributed by atoms with van der Waals surface area (Å²) in [6, 6.07) is 7.99. The minimum absolute atomic E-state index is 0.101. The topological polar surface area (TPSA) is 46.3 Å². The van der Waals surface area contributed by atoms with Crippen LogP contribution in [-0.4, -0.2) is 23.4 Å². The average Bonchev–Trinajstić information content (AvgIpc) is 2.45. The van der Waals surface area contributed by atoms with Gasteiger partial charge >= 0.3 is 0 Å². The number of benzene rings is 1. The van der Waals surface area contributed by atoms with Gasteiger partial charge in [0.05, 0.1) is 6.04 Å². The Hall–Kier alpha value is -1.35. The van der Waals surface area contributed by atoms with Crippen LogP contribution < -0.4 is 5.73 Å². The van der Waals surface area contributed by atoms with Crippen molar-refractivity contribution < 1.29 is 4.79 Å². The Bertz CT molecular complexity index is 403. The van der Waals surface area contributed by atoms with E-state index in [2.05, 4.69) is 25.1 Å². The molecule has 0 spiro atoms. The Balaban J connectivity index is 2.08. The number of carbonyl (C=O) groups is 1. The summed E-state index contributed by atoms with van der Waals surface area (Å²) in [5.41, 5.74) is 8.28. The minimum Gasteiger partial charge on any atom is -0.337 e. The molecule has 0 aliphatic carbocycles. The molecule has 1 aromatic rings. The maximum atomic E-state index is 12.0. The Morgan fingerprint density at radius 2 is 2.24 bits per heavy atom. The van der Waals surface area contributed by atoms with Crippen molar-refractivity contribution in [1.82, 2.24) is 4.90 Å². The SMILES string of the molecule is Cc1cccc(CN2CCCC[C@H](N)C2=O)c1. The smallest absolute Gasteiger partial charge is 0.239 e. The first-order chi connectivity index (χ1) is 8.16. The lowest BCUT2D eigenvalue weighted by atomic mass is 10.1. The highest BCUT2D eigenvalue weighted by atomic mass is 16.2. The number of amides is 1. The normalized spacial score (nSPS) is 21.4. The minimum atomic E-state index is -0.303. The molecule has 1 aliphatic heterocycles. The zero-order valence-electron chi connectivity index (χ0n) is 10.4. The zero-order chi connectivity index (χ0) is 12.3. The fraction of sp³-hybridized carbons (Fsp3) is 0.500. The van der Waals surface area contributed by atoms with Crippen molar-refractivity contribution >= 4 is 5.91 Å². The number of hydrogen-bond acceptors (Lipinski definition) is 2. The van der Waals surface area contributed by atoms with E-state index >= 15 is 0 Å². The number of hydrogen-bond donors (Lipinski definition) is 1. The van der Waals surface area contributed by atoms with Crippen LogP contribution in [0.1, 0.15) is 30.4 Å². The van der Waals surface area contributed by atoms with Crippen molar-refractivity contribution in [2.45, 2.75) is 38.8 Å². The molecule has 1 atom stereocenters. The largest absolute Gasteiger partial charge is 0.337 e. The Labute approximate surface area is 103 Å². The summed E-state index contributed by atoms with van der Waals surface area (Å²) >= 11 is 0. The van der Waals surface area contributed by atoms with E-state index in [4.69, 9.17) is 5.73 Å². The summed E-state index contributed by atoms with van der Waals surface area (Å²) in [6.45, 7) is 3.59. The Morgan fingerprint density at radius 1 is 1.41 bits per heavy atom. The van der Waals surface area contributed by atoms with Crippen molar-refractivity contribution in [1.29, 1.82) is 0 Å². The van der Waals surface area contributed by atoms with Gasteiger partial charge in [0.15, 0.2) is 0 Å². The van der Waals surface area contributed by atoms with Gasteiger partial charge in [-0.05, 0) is 31.7 Å². The van der Waals surface area contributed by atoms with Crippen LogP contribution in [0.3, 0.4) is 0 Å². The van der Waals surface area contributed by atoms with Gasteiger partial charge in [0.1, 0.15) is 0 Å². The van der Waals surface area contributed by atoms with Gasteiger partial charge in [-0.3, -0.25) is 4.79 Å². The van der Waals surface area contributed by atoms with Crippen LogP contribution in [0.25, 0.3) is 0 Å². The van der Waals surface area contributed by atoms with E-state index in [0.717, 1.165) is 25.8 Å². The predicted molar refractivity (Wildman–Crippen MR) is 68.4 cm³/mol. The highest BCUT2D eigenvalue weighted by Crippen LogP contribution is 2.14. The summed E-state index contributed by atoms with van der Waals surface area (Å²) in [5, 5.41) is 0. The van der Waals surface area contributed by atoms with E-state index in [1.165, 1.54) is 11.1 Å². The van der Waals surface area contributed by atoms with Gasteiger partial charge in [-0.25, -0.2) is 0 Å². The maximum Gasteiger partial charge on any atom is 0.239 e. The van der Waals surface area contributed by atoms with Crippen LogP contribution in [0.4, 0.5) is 0 Å². The molecule has 3 heteroatoms. The maximum absolute atomic E-state index is 12.0. The third-order valence-electron chi connectivity index (χ3n) is 3.28. The van der Waals surface area contributed by atoms with Gasteiger partial charge in [-0.2, -0.15) is 0 Å². The molecule has 0 unspecified atom stereocenters. The van der Waals surface area contributed by atoms with E-state index < -0.39 is 0 Å². The molecule has 1 aromatic carbocycles. The number of carbonyl (C=O) groups excluding carboxylic acids is 1. The molecule has 17 heavy (non-hydrogen) atoms. The van der Waals surface area contributed by atoms with Crippen LogP contribution in [-0.2, 0) is 11.3 Å². The van der Waals surface area contributed by atoms with Crippen molar-refractivity contribution in [2.75, 3.05) is 6.54 Å². The molecule has 0 aromatic heterocycles. The molecule has 3 nitrogen and oxygen atoms in total. The molecular weight excluding hydrogens is 212 g/mol. The van der Waals surface area contributed by atoms with E-state index in [9.17, 15) is 4.79 Å². The van der Waals surface area contributed by atoms with Crippen molar-refractivity contribution in [2.24, 2.45) is 5.73 Å². The molecule has 0 saturated carbocycles. The molecule has 0 radical (unpaired) electrons. The molecular formula is C14H20N2O. The standard InChI is InChI=1S/C14H20N2O/c1-11-5-4-6-12(9-11)10-16-8-3-2-7-13(15)14(16)17/h4-6,9,13H,2-3,7-8,10,15H2,1H3/t13-/m0/s1. The van der Waals surface area contributed by atoms with Gasteiger partial charge in [0, 0.05) is 13.1 Å². The molecule has 1 heterocycles. The third-order valence-corrected chi connectivity index (χ3v) is 3.28. The highest BCUT2D eigenvalue weighted by molar-refractivity contribution is 5.81. The molecule has 1 saturated heterocycles. The molecule has 2 N–H and O–H groups in total. The summed E-state index contributed by atoms with van der Waals surface area (Å²) < 4.78 is 0. The van der Waals surface area contributed by atoms with Gasteiger partial charge in [0.2, 0.25) is 5.91 Å². The van der Waals surface area contributed by atoms with E-state index in [-0.39, 0.29) is 11.9 Å². The van der Waals surface area contributed by atoms with Gasteiger partial charge in [-0.15, -0.1) is 0 Å². The van der Waals surface area contributed by atoms with Gasteiger partial charge in [0.25, 0.3) is 0 Å². The van der Waals surface area contributed by atoms with Crippen LogP contribution in [0.15, 0.2) is 24.3 Å². The average molecular weight is 232 g/mol. The number of nitrogens with two attached hydrogens (primary N) is 1. The zero-order valence-corrected chi connectivity index (χ0v) is 10.4. The molecule has 1 aliphatic rings. The van der Waals surface area contributed by atoms with Crippen LogP contribution in [0, 0.1) is 6.92 Å². The first-order valence-electron chi connectivity index (χ1n) is 6.27. The number of rotatable bonds is 2. The lowest BCUT2D eigenvalue weighted by molar-refractivity contribution is -0.132. The number of aryl methyl sites for hydroxylation is 1. The monoisotopic (exact) mass is 232 g/mol. The van der Waals surface area contributed by atoms with Crippen molar-refractivity contribution in [3.8, 4) is 0 Å². The Morgan fingerprint density at radius 3 is 3.00 bits per heavy atom.